The van der Waals surface area contributed by atoms with E-state index in [4.69, 9.17) is 4.98 Å². The maximum absolute atomic E-state index is 4.72. The molecule has 0 aliphatic heterocycles. The second-order valence-electron chi connectivity index (χ2n) is 5.33. The fourth-order valence-electron chi connectivity index (χ4n) is 2.58. The summed E-state index contributed by atoms with van der Waals surface area (Å²) < 4.78 is 0. The summed E-state index contributed by atoms with van der Waals surface area (Å²) in [5.41, 5.74) is 5.73. The lowest BCUT2D eigenvalue weighted by Crippen LogP contribution is -1.88. The molecule has 0 atom stereocenters. The van der Waals surface area contributed by atoms with Crippen molar-refractivity contribution in [1.82, 2.24) is 19.9 Å². The van der Waals surface area contributed by atoms with Crippen LogP contribution in [0.2, 0.25) is 0 Å². The first-order valence-electron chi connectivity index (χ1n) is 7.33. The third kappa shape index (κ3) is 2.59. The van der Waals surface area contributed by atoms with Gasteiger partial charge in [-0.25, -0.2) is 4.98 Å². The quantitative estimate of drug-likeness (QED) is 0.548. The first kappa shape index (κ1) is 14.0. The minimum Gasteiger partial charge on any atom is -0.253 e. The Morgan fingerprint density at radius 3 is 2.52 bits per heavy atom. The number of benzene rings is 1. The molecule has 23 heavy (non-hydrogen) atoms. The van der Waals surface area contributed by atoms with Gasteiger partial charge in [0, 0.05) is 23.7 Å². The van der Waals surface area contributed by atoms with Crippen LogP contribution in [0.1, 0.15) is 10.7 Å². The van der Waals surface area contributed by atoms with Gasteiger partial charge in [-0.2, -0.15) is 0 Å². The highest BCUT2D eigenvalue weighted by molar-refractivity contribution is 7.15. The summed E-state index contributed by atoms with van der Waals surface area (Å²) in [5.74, 6) is 0. The van der Waals surface area contributed by atoms with Gasteiger partial charge in [0.2, 0.25) is 0 Å². The van der Waals surface area contributed by atoms with Crippen LogP contribution in [-0.2, 0) is 0 Å². The van der Waals surface area contributed by atoms with Crippen LogP contribution in [0.3, 0.4) is 0 Å². The molecule has 0 fully saturated rings. The molecule has 0 unspecified atom stereocenters. The van der Waals surface area contributed by atoms with E-state index in [9.17, 15) is 0 Å². The molecule has 0 N–H and O–H groups in total. The van der Waals surface area contributed by atoms with E-state index in [1.54, 1.807) is 23.7 Å². The number of thiazole rings is 1. The number of nitrogens with zero attached hydrogens (tertiary/aromatic N) is 4. The molecule has 0 radical (unpaired) electrons. The summed E-state index contributed by atoms with van der Waals surface area (Å²) in [4.78, 5) is 19.2. The fraction of sp³-hybridized carbons (Fsp3) is 0.111. The summed E-state index contributed by atoms with van der Waals surface area (Å²) in [7, 11) is 0. The topological polar surface area (TPSA) is 51.6 Å². The van der Waals surface area contributed by atoms with Crippen molar-refractivity contribution in [2.75, 3.05) is 0 Å². The van der Waals surface area contributed by atoms with Crippen molar-refractivity contribution < 1.29 is 0 Å². The first-order chi connectivity index (χ1) is 11.2. The fourth-order valence-corrected chi connectivity index (χ4v) is 3.49. The lowest BCUT2D eigenvalue weighted by atomic mass is 10.1. The number of aromatic nitrogens is 4. The van der Waals surface area contributed by atoms with Crippen molar-refractivity contribution in [3.63, 3.8) is 0 Å². The minimum atomic E-state index is 0.874. The molecule has 0 amide bonds. The van der Waals surface area contributed by atoms with E-state index < -0.39 is 0 Å². The summed E-state index contributed by atoms with van der Waals surface area (Å²) in [6, 6.07) is 12.1. The molecule has 0 spiro atoms. The number of rotatable bonds is 2. The molecule has 0 bridgehead atoms. The molecule has 4 aromatic rings. The average Bonchev–Trinajstić information content (AvgIpc) is 2.96. The van der Waals surface area contributed by atoms with E-state index in [1.807, 2.05) is 50.2 Å². The van der Waals surface area contributed by atoms with E-state index in [1.165, 1.54) is 0 Å². The number of hydrogen-bond donors (Lipinski definition) is 0. The van der Waals surface area contributed by atoms with E-state index in [0.717, 1.165) is 43.6 Å². The zero-order valence-corrected chi connectivity index (χ0v) is 13.6. The van der Waals surface area contributed by atoms with Gasteiger partial charge in [0.25, 0.3) is 0 Å². The van der Waals surface area contributed by atoms with Gasteiger partial charge in [-0.15, -0.1) is 11.3 Å². The normalized spacial score (nSPS) is 11.0. The molecule has 0 aliphatic carbocycles. The predicted molar refractivity (Wildman–Crippen MR) is 93.4 cm³/mol. The molecule has 3 heterocycles. The van der Waals surface area contributed by atoms with Gasteiger partial charge in [0.15, 0.2) is 0 Å². The van der Waals surface area contributed by atoms with Crippen molar-refractivity contribution in [1.29, 1.82) is 0 Å². The van der Waals surface area contributed by atoms with Crippen LogP contribution in [-0.4, -0.2) is 19.9 Å². The van der Waals surface area contributed by atoms with Crippen LogP contribution >= 0.6 is 11.3 Å². The second-order valence-corrected chi connectivity index (χ2v) is 6.54. The van der Waals surface area contributed by atoms with Crippen LogP contribution in [0.25, 0.3) is 32.9 Å². The van der Waals surface area contributed by atoms with Crippen LogP contribution in [0.15, 0.2) is 48.8 Å². The summed E-state index contributed by atoms with van der Waals surface area (Å²) >= 11 is 1.67. The van der Waals surface area contributed by atoms with Crippen molar-refractivity contribution in [3.8, 4) is 21.8 Å². The highest BCUT2D eigenvalue weighted by Crippen LogP contribution is 2.36. The Bertz CT molecular complexity index is 1010. The largest absolute Gasteiger partial charge is 0.253 e. The maximum atomic E-state index is 4.72. The molecule has 5 heteroatoms. The molecule has 112 valence electrons. The predicted octanol–water partition coefficient (Wildman–Crippen LogP) is 4.43. The standard InChI is InChI=1S/C18H14N4S/c1-11-4-3-5-15(21-11)18-17(22-12(2)23-18)13-6-7-14-16(10-13)20-9-8-19-14/h3-10H,1-2H3. The van der Waals surface area contributed by atoms with Gasteiger partial charge >= 0.3 is 0 Å². The van der Waals surface area contributed by atoms with Crippen molar-refractivity contribution >= 4 is 22.4 Å². The summed E-state index contributed by atoms with van der Waals surface area (Å²) in [6.45, 7) is 4.02. The number of aryl methyl sites for hydroxylation is 2. The highest BCUT2D eigenvalue weighted by atomic mass is 32.1. The molecular formula is C18H14N4S. The van der Waals surface area contributed by atoms with Crippen LogP contribution in [0.4, 0.5) is 0 Å². The number of fused-ring (bicyclic) bond motifs is 1. The Morgan fingerprint density at radius 1 is 0.870 bits per heavy atom. The maximum Gasteiger partial charge on any atom is 0.0910 e. The third-order valence-corrected chi connectivity index (χ3v) is 4.59. The molecule has 3 aromatic heterocycles. The van der Waals surface area contributed by atoms with Crippen LogP contribution in [0, 0.1) is 13.8 Å². The van der Waals surface area contributed by atoms with Gasteiger partial charge in [0.05, 0.1) is 32.3 Å². The zero-order chi connectivity index (χ0) is 15.8. The zero-order valence-electron chi connectivity index (χ0n) is 12.8. The molecule has 0 saturated carbocycles. The lowest BCUT2D eigenvalue weighted by molar-refractivity contribution is 1.21. The van der Waals surface area contributed by atoms with E-state index in [0.29, 0.717) is 0 Å². The second kappa shape index (κ2) is 5.52. The number of hydrogen-bond acceptors (Lipinski definition) is 5. The van der Waals surface area contributed by atoms with Crippen molar-refractivity contribution in [3.05, 3.63) is 59.5 Å². The minimum absolute atomic E-state index is 0.874. The SMILES string of the molecule is Cc1cccc(-c2sc(C)nc2-c2ccc3nccnc3c2)n1. The Balaban J connectivity index is 1.91. The van der Waals surface area contributed by atoms with Gasteiger partial charge in [0.1, 0.15) is 0 Å². The Kier molecular flexibility index (Phi) is 3.35. The van der Waals surface area contributed by atoms with Crippen LogP contribution < -0.4 is 0 Å². The molecule has 4 rings (SSSR count). The van der Waals surface area contributed by atoms with E-state index in [-0.39, 0.29) is 0 Å². The van der Waals surface area contributed by atoms with Gasteiger partial charge in [-0.05, 0) is 38.1 Å². The summed E-state index contributed by atoms with van der Waals surface area (Å²) in [6.07, 6.45) is 3.42. The Hall–Kier alpha value is -2.66. The van der Waals surface area contributed by atoms with E-state index >= 15 is 0 Å². The van der Waals surface area contributed by atoms with Gasteiger partial charge in [-0.1, -0.05) is 12.1 Å². The Labute approximate surface area is 137 Å². The highest BCUT2D eigenvalue weighted by Gasteiger charge is 2.15. The molecule has 0 saturated heterocycles. The molecule has 0 aliphatic rings. The third-order valence-electron chi connectivity index (χ3n) is 3.60. The Morgan fingerprint density at radius 2 is 1.70 bits per heavy atom. The van der Waals surface area contributed by atoms with Gasteiger partial charge < -0.3 is 0 Å². The molecule has 4 nitrogen and oxygen atoms in total. The summed E-state index contributed by atoms with van der Waals surface area (Å²) in [5, 5.41) is 1.03. The van der Waals surface area contributed by atoms with Crippen LogP contribution in [0.5, 0.6) is 0 Å². The molecule has 1 aromatic carbocycles. The van der Waals surface area contributed by atoms with Crippen molar-refractivity contribution in [2.45, 2.75) is 13.8 Å². The first-order valence-corrected chi connectivity index (χ1v) is 8.15. The lowest BCUT2D eigenvalue weighted by Gasteiger charge is -2.04. The van der Waals surface area contributed by atoms with Crippen molar-refractivity contribution in [2.24, 2.45) is 0 Å². The average molecular weight is 318 g/mol. The monoisotopic (exact) mass is 318 g/mol. The van der Waals surface area contributed by atoms with Gasteiger partial charge in [-0.3, -0.25) is 15.0 Å². The molecular weight excluding hydrogens is 304 g/mol. The number of pyridine rings is 1. The smallest absolute Gasteiger partial charge is 0.0910 e. The van der Waals surface area contributed by atoms with E-state index in [2.05, 4.69) is 15.0 Å².